The Kier molecular flexibility index (Phi) is 7.64. The van der Waals surface area contributed by atoms with Gasteiger partial charge in [-0.1, -0.05) is 58.0 Å². The Bertz CT molecular complexity index is 1210. The molecule has 6 nitrogen and oxygen atoms in total. The summed E-state index contributed by atoms with van der Waals surface area (Å²) in [5.41, 5.74) is 0.872. The summed E-state index contributed by atoms with van der Waals surface area (Å²) in [6.45, 7) is 11.0. The molecule has 2 aromatic carbocycles. The average molecular weight is 534 g/mol. The van der Waals surface area contributed by atoms with Crippen molar-refractivity contribution in [2.45, 2.75) is 84.0 Å². The lowest BCUT2D eigenvalue weighted by atomic mass is 9.43. The number of carbonyl (C=O) groups excluding carboxylic acids is 2. The van der Waals surface area contributed by atoms with Gasteiger partial charge in [-0.3, -0.25) is 9.59 Å². The molecule has 3 saturated carbocycles. The van der Waals surface area contributed by atoms with Gasteiger partial charge in [-0.15, -0.1) is 0 Å². The van der Waals surface area contributed by atoms with Gasteiger partial charge in [0, 0.05) is 5.56 Å². The summed E-state index contributed by atoms with van der Waals surface area (Å²) in [6.07, 6.45) is 2.81. The van der Waals surface area contributed by atoms with Gasteiger partial charge >= 0.3 is 7.12 Å². The van der Waals surface area contributed by atoms with Crippen LogP contribution in [0.5, 0.6) is 0 Å². The minimum absolute atomic E-state index is 0.0241. The predicted octanol–water partition coefficient (Wildman–Crippen LogP) is 5.49. The molecule has 2 N–H and O–H groups in total. The second-order valence-corrected chi connectivity index (χ2v) is 12.8. The number of nitrogens with one attached hydrogen (secondary N) is 2. The molecule has 6 rings (SSSR count). The molecule has 3 unspecified atom stereocenters. The van der Waals surface area contributed by atoms with E-state index >= 15 is 0 Å². The van der Waals surface area contributed by atoms with Gasteiger partial charge in [-0.25, -0.2) is 4.39 Å². The Hall–Kier alpha value is -2.71. The second-order valence-electron chi connectivity index (χ2n) is 12.8. The zero-order valence-electron chi connectivity index (χ0n) is 23.6. The van der Waals surface area contributed by atoms with E-state index in [2.05, 4.69) is 45.3 Å². The van der Waals surface area contributed by atoms with Crippen LogP contribution in [-0.4, -0.2) is 36.6 Å². The molecule has 39 heavy (non-hydrogen) atoms. The fourth-order valence-corrected chi connectivity index (χ4v) is 7.07. The number of carbonyl (C=O) groups is 2. The third-order valence-electron chi connectivity index (χ3n) is 9.35. The normalized spacial score (nSPS) is 28.3. The largest absolute Gasteiger partial charge is 0.481 e. The molecule has 1 heterocycles. The summed E-state index contributed by atoms with van der Waals surface area (Å²) in [4.78, 5) is 26.4. The van der Waals surface area contributed by atoms with E-state index in [0.717, 1.165) is 12.8 Å². The van der Waals surface area contributed by atoms with E-state index in [1.807, 2.05) is 6.07 Å². The third kappa shape index (κ3) is 5.51. The quantitative estimate of drug-likeness (QED) is 0.418. The van der Waals surface area contributed by atoms with Crippen molar-refractivity contribution in [1.29, 1.82) is 0 Å². The summed E-state index contributed by atoms with van der Waals surface area (Å²) in [7, 11) is -0.534. The Morgan fingerprint density at radius 1 is 1.05 bits per heavy atom. The van der Waals surface area contributed by atoms with E-state index in [1.165, 1.54) is 12.1 Å². The Balaban J connectivity index is 1.31. The Morgan fingerprint density at radius 3 is 2.46 bits per heavy atom. The van der Waals surface area contributed by atoms with Crippen molar-refractivity contribution in [2.24, 2.45) is 23.2 Å². The predicted molar refractivity (Wildman–Crippen MR) is 149 cm³/mol. The monoisotopic (exact) mass is 534 g/mol. The SMILES string of the molecule is CC(C)C[C@H](NC(=O)CC(NC(=O)c1ccccc1)c1cccc(F)c1)B1O[C@@H]2CC3CC(C3(C)C)[C@]2(C)O1. The van der Waals surface area contributed by atoms with Crippen LogP contribution in [0.15, 0.2) is 54.6 Å². The molecule has 8 heteroatoms. The Morgan fingerprint density at radius 2 is 1.79 bits per heavy atom. The van der Waals surface area contributed by atoms with Crippen molar-refractivity contribution in [1.82, 2.24) is 10.6 Å². The number of hydrogen-bond donors (Lipinski definition) is 2. The zero-order valence-corrected chi connectivity index (χ0v) is 23.6. The first-order chi connectivity index (χ1) is 18.5. The van der Waals surface area contributed by atoms with Crippen LogP contribution in [-0.2, 0) is 14.1 Å². The summed E-state index contributed by atoms with van der Waals surface area (Å²) in [5, 5.41) is 6.09. The molecule has 2 aromatic rings. The Labute approximate surface area is 231 Å². The van der Waals surface area contributed by atoms with Crippen molar-refractivity contribution < 1.29 is 23.3 Å². The summed E-state index contributed by atoms with van der Waals surface area (Å²) in [6, 6.07) is 14.1. The molecule has 1 saturated heterocycles. The van der Waals surface area contributed by atoms with Gasteiger partial charge in [0.2, 0.25) is 5.91 Å². The van der Waals surface area contributed by atoms with Crippen LogP contribution in [0.3, 0.4) is 0 Å². The van der Waals surface area contributed by atoms with E-state index in [1.54, 1.807) is 36.4 Å². The van der Waals surface area contributed by atoms with Crippen molar-refractivity contribution in [3.05, 3.63) is 71.5 Å². The van der Waals surface area contributed by atoms with Crippen molar-refractivity contribution >= 4 is 18.9 Å². The molecular weight excluding hydrogens is 494 g/mol. The third-order valence-corrected chi connectivity index (χ3v) is 9.35. The van der Waals surface area contributed by atoms with E-state index in [0.29, 0.717) is 35.3 Å². The van der Waals surface area contributed by atoms with E-state index in [-0.39, 0.29) is 41.3 Å². The second kappa shape index (κ2) is 10.7. The van der Waals surface area contributed by atoms with Gasteiger partial charge in [-0.2, -0.15) is 0 Å². The first kappa shape index (κ1) is 27.8. The number of halogens is 1. The van der Waals surface area contributed by atoms with E-state index in [4.69, 9.17) is 9.31 Å². The lowest BCUT2D eigenvalue weighted by molar-refractivity contribution is -0.199. The van der Waals surface area contributed by atoms with Gasteiger partial charge in [-0.05, 0) is 79.2 Å². The lowest BCUT2D eigenvalue weighted by Crippen LogP contribution is -2.65. The molecule has 3 aliphatic carbocycles. The van der Waals surface area contributed by atoms with E-state index < -0.39 is 19.0 Å². The van der Waals surface area contributed by atoms with Crippen molar-refractivity contribution in [2.75, 3.05) is 0 Å². The summed E-state index contributed by atoms with van der Waals surface area (Å²) >= 11 is 0. The van der Waals surface area contributed by atoms with Gasteiger partial charge in [0.1, 0.15) is 5.82 Å². The number of benzene rings is 2. The van der Waals surface area contributed by atoms with Crippen molar-refractivity contribution in [3.63, 3.8) is 0 Å². The van der Waals surface area contributed by atoms with Crippen LogP contribution in [0.25, 0.3) is 0 Å². The number of hydrogen-bond acceptors (Lipinski definition) is 4. The molecule has 2 bridgehead atoms. The number of amides is 2. The van der Waals surface area contributed by atoms with Gasteiger partial charge < -0.3 is 19.9 Å². The van der Waals surface area contributed by atoms with Crippen LogP contribution in [0.2, 0.25) is 0 Å². The maximum absolute atomic E-state index is 14.1. The minimum Gasteiger partial charge on any atom is -0.404 e. The molecule has 0 aromatic heterocycles. The van der Waals surface area contributed by atoms with Crippen LogP contribution < -0.4 is 10.6 Å². The fourth-order valence-electron chi connectivity index (χ4n) is 7.07. The summed E-state index contributed by atoms with van der Waals surface area (Å²) in [5.74, 6) is 0.0473. The minimum atomic E-state index is -0.702. The topological polar surface area (TPSA) is 76.7 Å². The first-order valence-corrected chi connectivity index (χ1v) is 14.2. The van der Waals surface area contributed by atoms with Gasteiger partial charge in [0.05, 0.1) is 30.1 Å². The molecule has 1 aliphatic heterocycles. The van der Waals surface area contributed by atoms with Crippen LogP contribution in [0.4, 0.5) is 4.39 Å². The average Bonchev–Trinajstić information content (AvgIpc) is 3.25. The highest BCUT2D eigenvalue weighted by molar-refractivity contribution is 6.47. The lowest BCUT2D eigenvalue weighted by Gasteiger charge is -2.64. The zero-order chi connectivity index (χ0) is 27.9. The van der Waals surface area contributed by atoms with E-state index in [9.17, 15) is 14.0 Å². The fraction of sp³-hybridized carbons (Fsp3) is 0.548. The van der Waals surface area contributed by atoms with Crippen LogP contribution in [0.1, 0.15) is 82.3 Å². The maximum atomic E-state index is 14.1. The maximum Gasteiger partial charge on any atom is 0.481 e. The number of rotatable bonds is 9. The van der Waals surface area contributed by atoms with Crippen molar-refractivity contribution in [3.8, 4) is 0 Å². The molecule has 208 valence electrons. The first-order valence-electron chi connectivity index (χ1n) is 14.2. The molecule has 2 amide bonds. The van der Waals surface area contributed by atoms with Crippen LogP contribution in [0, 0.1) is 29.0 Å². The van der Waals surface area contributed by atoms with Gasteiger partial charge in [0.25, 0.3) is 5.91 Å². The highest BCUT2D eigenvalue weighted by Gasteiger charge is 2.68. The molecule has 6 atom stereocenters. The molecule has 4 fully saturated rings. The van der Waals surface area contributed by atoms with Crippen LogP contribution >= 0.6 is 0 Å². The van der Waals surface area contributed by atoms with Gasteiger partial charge in [0.15, 0.2) is 0 Å². The summed E-state index contributed by atoms with van der Waals surface area (Å²) < 4.78 is 27.3. The smallest absolute Gasteiger partial charge is 0.404 e. The molecule has 4 aliphatic rings. The molecular formula is C31H40BFN2O4. The highest BCUT2D eigenvalue weighted by Crippen LogP contribution is 2.65. The standard InChI is InChI=1S/C31H40BFN2O4/c1-19(2)14-27(32-38-26-17-22-16-25(30(22,3)4)31(26,5)39-32)35-28(36)18-24(21-12-9-13-23(33)15-21)34-29(37)20-10-7-6-8-11-20/h6-13,15,19,22,24-27H,14,16-18H2,1-5H3,(H,34,37)(H,35,36)/t22?,24?,25?,26-,27+,31+/m1/s1. The molecule has 0 spiro atoms. The molecule has 0 radical (unpaired) electrons. The highest BCUT2D eigenvalue weighted by atomic mass is 19.1.